The lowest BCUT2D eigenvalue weighted by Gasteiger charge is -2.66. The molecule has 4 aliphatic rings. The minimum Gasteiger partial charge on any atom is -0.455 e. The molecule has 2 bridgehead atoms. The molecule has 0 aromatic rings. The minimum absolute atomic E-state index is 0.0298. The summed E-state index contributed by atoms with van der Waals surface area (Å²) in [5, 5.41) is 11.1. The monoisotopic (exact) mass is 392 g/mol. The second kappa shape index (κ2) is 6.30. The van der Waals surface area contributed by atoms with E-state index in [9.17, 15) is 14.7 Å². The van der Waals surface area contributed by atoms with Gasteiger partial charge in [-0.25, -0.2) is 4.79 Å². The van der Waals surface area contributed by atoms with E-state index in [4.69, 9.17) is 14.2 Å². The van der Waals surface area contributed by atoms with E-state index in [0.29, 0.717) is 19.3 Å². The Morgan fingerprint density at radius 2 is 1.93 bits per heavy atom. The Morgan fingerprint density at radius 1 is 1.21 bits per heavy atom. The van der Waals surface area contributed by atoms with Gasteiger partial charge in [-0.2, -0.15) is 0 Å². The van der Waals surface area contributed by atoms with Crippen LogP contribution in [0.3, 0.4) is 0 Å². The van der Waals surface area contributed by atoms with Gasteiger partial charge in [0, 0.05) is 19.4 Å². The fourth-order valence-corrected chi connectivity index (χ4v) is 7.29. The van der Waals surface area contributed by atoms with Crippen molar-refractivity contribution in [2.45, 2.75) is 76.4 Å². The maximum Gasteiger partial charge on any atom is 0.336 e. The van der Waals surface area contributed by atoms with Gasteiger partial charge in [-0.05, 0) is 56.8 Å². The molecular weight excluding hydrogens is 360 g/mol. The molecule has 1 aliphatic heterocycles. The number of fused-ring (bicyclic) bond motifs is 3. The van der Waals surface area contributed by atoms with E-state index >= 15 is 0 Å². The Morgan fingerprint density at radius 3 is 2.64 bits per heavy atom. The third kappa shape index (κ3) is 2.53. The van der Waals surface area contributed by atoms with Gasteiger partial charge in [-0.3, -0.25) is 4.79 Å². The van der Waals surface area contributed by atoms with E-state index in [1.807, 2.05) is 6.92 Å². The van der Waals surface area contributed by atoms with Gasteiger partial charge in [-0.15, -0.1) is 0 Å². The molecule has 1 heterocycles. The maximum atomic E-state index is 13.0. The summed E-state index contributed by atoms with van der Waals surface area (Å²) in [5.74, 6) is -0.365. The SMILES string of the molecule is C=C1C(=O)O[C@@]23CC[C@H]4[C@@](C)(CCC[C@@]4(C)C(=O)OCOC)[C@@H]2CC[C@@]1(O)C3. The van der Waals surface area contributed by atoms with Gasteiger partial charge < -0.3 is 19.3 Å². The number of esters is 2. The van der Waals surface area contributed by atoms with Crippen LogP contribution in [0.2, 0.25) is 0 Å². The first-order valence-electron chi connectivity index (χ1n) is 10.4. The van der Waals surface area contributed by atoms with Crippen LogP contribution in [0, 0.1) is 22.7 Å². The molecular formula is C22H32O6. The molecule has 6 atom stereocenters. The van der Waals surface area contributed by atoms with Crippen LogP contribution in [0.15, 0.2) is 12.2 Å². The second-order valence-electron chi connectivity index (χ2n) is 9.94. The molecule has 1 N–H and O–H groups in total. The summed E-state index contributed by atoms with van der Waals surface area (Å²) >= 11 is 0. The van der Waals surface area contributed by atoms with Crippen molar-refractivity contribution < 1.29 is 28.9 Å². The van der Waals surface area contributed by atoms with E-state index in [2.05, 4.69) is 13.5 Å². The van der Waals surface area contributed by atoms with Crippen molar-refractivity contribution in [3.63, 3.8) is 0 Å². The number of hydrogen-bond acceptors (Lipinski definition) is 6. The molecule has 0 radical (unpaired) electrons. The van der Waals surface area contributed by atoms with Crippen molar-refractivity contribution in [2.24, 2.45) is 22.7 Å². The van der Waals surface area contributed by atoms with Crippen molar-refractivity contribution in [2.75, 3.05) is 13.9 Å². The number of hydrogen-bond donors (Lipinski definition) is 1. The maximum absolute atomic E-state index is 13.0. The van der Waals surface area contributed by atoms with Gasteiger partial charge in [-0.1, -0.05) is 19.9 Å². The number of carbonyl (C=O) groups is 2. The highest BCUT2D eigenvalue weighted by Gasteiger charge is 2.68. The quantitative estimate of drug-likeness (QED) is 0.451. The first kappa shape index (κ1) is 19.9. The molecule has 4 fully saturated rings. The fraction of sp³-hybridized carbons (Fsp3) is 0.818. The summed E-state index contributed by atoms with van der Waals surface area (Å²) in [6, 6.07) is 0. The summed E-state index contributed by atoms with van der Waals surface area (Å²) in [6.07, 6.45) is 5.92. The average molecular weight is 392 g/mol. The molecule has 6 heteroatoms. The molecule has 28 heavy (non-hydrogen) atoms. The van der Waals surface area contributed by atoms with Crippen molar-refractivity contribution >= 4 is 11.9 Å². The van der Waals surface area contributed by atoms with Crippen LogP contribution >= 0.6 is 0 Å². The number of carbonyl (C=O) groups excluding carboxylic acids is 2. The predicted molar refractivity (Wildman–Crippen MR) is 101 cm³/mol. The molecule has 3 aliphatic carbocycles. The smallest absolute Gasteiger partial charge is 0.336 e. The second-order valence-corrected chi connectivity index (χ2v) is 9.94. The van der Waals surface area contributed by atoms with Gasteiger partial charge in [0.25, 0.3) is 0 Å². The van der Waals surface area contributed by atoms with Gasteiger partial charge >= 0.3 is 11.9 Å². The normalized spacial score (nSPS) is 47.6. The third-order valence-electron chi connectivity index (χ3n) is 8.58. The molecule has 0 aromatic carbocycles. The molecule has 3 saturated carbocycles. The van der Waals surface area contributed by atoms with Crippen molar-refractivity contribution in [3.8, 4) is 0 Å². The summed E-state index contributed by atoms with van der Waals surface area (Å²) in [6.45, 7) is 8.05. The molecule has 1 spiro atoms. The molecule has 0 aromatic heterocycles. The van der Waals surface area contributed by atoms with Gasteiger partial charge in [0.2, 0.25) is 0 Å². The van der Waals surface area contributed by atoms with Crippen LogP contribution in [-0.2, 0) is 23.8 Å². The van der Waals surface area contributed by atoms with Crippen molar-refractivity contribution in [3.05, 3.63) is 12.2 Å². The van der Waals surface area contributed by atoms with Gasteiger partial charge in [0.15, 0.2) is 6.79 Å². The topological polar surface area (TPSA) is 82.1 Å². The van der Waals surface area contributed by atoms with Crippen LogP contribution in [0.25, 0.3) is 0 Å². The predicted octanol–water partition coefficient (Wildman–Crippen LogP) is 3.12. The fourth-order valence-electron chi connectivity index (χ4n) is 7.29. The highest BCUT2D eigenvalue weighted by molar-refractivity contribution is 5.91. The largest absolute Gasteiger partial charge is 0.455 e. The van der Waals surface area contributed by atoms with Crippen molar-refractivity contribution in [1.82, 2.24) is 0 Å². The average Bonchev–Trinajstić information content (AvgIpc) is 2.63. The summed E-state index contributed by atoms with van der Waals surface area (Å²) in [4.78, 5) is 25.5. The molecule has 0 amide bonds. The zero-order chi connectivity index (χ0) is 20.4. The molecule has 1 saturated heterocycles. The number of rotatable bonds is 3. The lowest BCUT2D eigenvalue weighted by molar-refractivity contribution is -0.249. The Bertz CT molecular complexity index is 718. The van der Waals surface area contributed by atoms with Crippen LogP contribution in [0.5, 0.6) is 0 Å². The summed E-state index contributed by atoms with van der Waals surface area (Å²) < 4.78 is 16.3. The zero-order valence-corrected chi connectivity index (χ0v) is 17.2. The van der Waals surface area contributed by atoms with Crippen LogP contribution in [0.4, 0.5) is 0 Å². The lowest BCUT2D eigenvalue weighted by Crippen LogP contribution is -2.68. The first-order valence-corrected chi connectivity index (χ1v) is 10.4. The Hall–Kier alpha value is -1.40. The molecule has 6 nitrogen and oxygen atoms in total. The van der Waals surface area contributed by atoms with Gasteiger partial charge in [0.1, 0.15) is 5.60 Å². The van der Waals surface area contributed by atoms with Crippen LogP contribution in [-0.4, -0.2) is 42.1 Å². The zero-order valence-electron chi connectivity index (χ0n) is 17.2. The first-order chi connectivity index (χ1) is 13.1. The number of ether oxygens (including phenoxy) is 3. The highest BCUT2D eigenvalue weighted by atomic mass is 16.7. The Balaban J connectivity index is 1.68. The minimum atomic E-state index is -1.15. The van der Waals surface area contributed by atoms with E-state index in [1.165, 1.54) is 7.11 Å². The number of aliphatic hydroxyl groups is 1. The molecule has 4 rings (SSSR count). The van der Waals surface area contributed by atoms with Gasteiger partial charge in [0.05, 0.1) is 16.6 Å². The van der Waals surface area contributed by atoms with Crippen LogP contribution in [0.1, 0.15) is 65.2 Å². The van der Waals surface area contributed by atoms with E-state index < -0.39 is 22.6 Å². The third-order valence-corrected chi connectivity index (χ3v) is 8.58. The van der Waals surface area contributed by atoms with Crippen molar-refractivity contribution in [1.29, 1.82) is 0 Å². The van der Waals surface area contributed by atoms with Crippen LogP contribution < -0.4 is 0 Å². The molecule has 0 unspecified atom stereocenters. The Kier molecular flexibility index (Phi) is 4.47. The summed E-state index contributed by atoms with van der Waals surface area (Å²) in [7, 11) is 1.51. The van der Waals surface area contributed by atoms with E-state index in [0.717, 1.165) is 32.1 Å². The molecule has 156 valence electrons. The lowest BCUT2D eigenvalue weighted by atomic mass is 9.42. The number of methoxy groups -OCH3 is 1. The highest BCUT2D eigenvalue weighted by Crippen LogP contribution is 2.68. The summed E-state index contributed by atoms with van der Waals surface area (Å²) in [5.41, 5.74) is -2.31. The van der Waals surface area contributed by atoms with E-state index in [1.54, 1.807) is 0 Å². The van der Waals surface area contributed by atoms with E-state index in [-0.39, 0.29) is 35.6 Å². The Labute approximate surface area is 166 Å². The standard InChI is InChI=1S/C22H32O6/c1-14-17(23)28-22-11-7-15-19(2,16(22)6-10-21(14,25)12-22)8-5-9-20(15,3)18(24)27-13-26-4/h15-16,25H,1,5-13H2,2-4H3/t15-,16-,19+,20+,21+,22+/m0/s1.